The average Bonchev–Trinajstić information content (AvgIpc) is 2.97. The van der Waals surface area contributed by atoms with E-state index in [0.29, 0.717) is 39.1 Å². The molecule has 0 aliphatic carbocycles. The first kappa shape index (κ1) is 20.9. The monoisotopic (exact) mass is 431 g/mol. The normalized spacial score (nSPS) is 10.7. The molecule has 0 aliphatic rings. The van der Waals surface area contributed by atoms with E-state index in [2.05, 4.69) is 15.2 Å². The Bertz CT molecular complexity index is 1060. The Kier molecular flexibility index (Phi) is 6.25. The molecule has 2 aromatic carbocycles. The molecule has 8 heteroatoms. The fraction of sp³-hybridized carbons (Fsp3) is 0.190. The fourth-order valence-electron chi connectivity index (χ4n) is 2.93. The summed E-state index contributed by atoms with van der Waals surface area (Å²) in [5.41, 5.74) is 3.62. The van der Waals surface area contributed by atoms with Crippen molar-refractivity contribution in [3.05, 3.63) is 80.6 Å². The maximum absolute atomic E-state index is 12.6. The third-order valence-corrected chi connectivity index (χ3v) is 5.27. The minimum Gasteiger partial charge on any atom is -0.465 e. The second-order valence-electron chi connectivity index (χ2n) is 6.43. The van der Waals surface area contributed by atoms with Crippen LogP contribution in [0.1, 0.15) is 37.7 Å². The molecule has 0 spiro atoms. The Balaban J connectivity index is 1.81. The summed E-state index contributed by atoms with van der Waals surface area (Å²) in [6.07, 6.45) is 0. The molecule has 6 nitrogen and oxygen atoms in total. The molecule has 1 heterocycles. The van der Waals surface area contributed by atoms with Gasteiger partial charge in [-0.2, -0.15) is 5.10 Å². The van der Waals surface area contributed by atoms with Gasteiger partial charge in [-0.15, -0.1) is 0 Å². The SMILES string of the molecule is COC(=O)c1ccc(C(=O)Nc2c(C)nn(Cc3c(Cl)cccc3Cl)c2C)cc1. The molecule has 1 aromatic heterocycles. The number of nitrogens with zero attached hydrogens (tertiary/aromatic N) is 2. The van der Waals surface area contributed by atoms with Gasteiger partial charge in [0, 0.05) is 21.2 Å². The number of ether oxygens (including phenoxy) is 1. The minimum absolute atomic E-state index is 0.303. The van der Waals surface area contributed by atoms with Gasteiger partial charge in [0.15, 0.2) is 0 Å². The van der Waals surface area contributed by atoms with E-state index in [1.165, 1.54) is 7.11 Å². The van der Waals surface area contributed by atoms with Crippen LogP contribution in [0.25, 0.3) is 0 Å². The number of rotatable bonds is 5. The van der Waals surface area contributed by atoms with Crippen molar-refractivity contribution in [1.29, 1.82) is 0 Å². The quantitative estimate of drug-likeness (QED) is 0.583. The number of nitrogens with one attached hydrogen (secondary N) is 1. The number of benzene rings is 2. The highest BCUT2D eigenvalue weighted by molar-refractivity contribution is 6.36. The zero-order valence-corrected chi connectivity index (χ0v) is 17.6. The van der Waals surface area contributed by atoms with Crippen molar-refractivity contribution >= 4 is 40.8 Å². The number of aryl methyl sites for hydroxylation is 1. The van der Waals surface area contributed by atoms with Crippen LogP contribution in [0.2, 0.25) is 10.0 Å². The van der Waals surface area contributed by atoms with E-state index in [1.807, 2.05) is 13.8 Å². The molecule has 0 unspecified atom stereocenters. The number of esters is 1. The second kappa shape index (κ2) is 8.68. The predicted molar refractivity (Wildman–Crippen MR) is 113 cm³/mol. The lowest BCUT2D eigenvalue weighted by atomic mass is 10.1. The molecule has 0 bridgehead atoms. The second-order valence-corrected chi connectivity index (χ2v) is 7.24. The van der Waals surface area contributed by atoms with E-state index in [-0.39, 0.29) is 5.91 Å². The van der Waals surface area contributed by atoms with Gasteiger partial charge in [-0.05, 0) is 50.2 Å². The molecule has 29 heavy (non-hydrogen) atoms. The number of carbonyl (C=O) groups excluding carboxylic acids is 2. The van der Waals surface area contributed by atoms with Gasteiger partial charge < -0.3 is 10.1 Å². The summed E-state index contributed by atoms with van der Waals surface area (Å²) in [6.45, 7) is 4.06. The van der Waals surface area contributed by atoms with Gasteiger partial charge in [-0.25, -0.2) is 4.79 Å². The van der Waals surface area contributed by atoms with Crippen molar-refractivity contribution in [2.75, 3.05) is 12.4 Å². The molecule has 0 atom stereocenters. The van der Waals surface area contributed by atoms with Crippen molar-refractivity contribution in [2.24, 2.45) is 0 Å². The van der Waals surface area contributed by atoms with Crippen molar-refractivity contribution in [3.63, 3.8) is 0 Å². The maximum Gasteiger partial charge on any atom is 0.337 e. The van der Waals surface area contributed by atoms with E-state index in [0.717, 1.165) is 11.3 Å². The summed E-state index contributed by atoms with van der Waals surface area (Å²) < 4.78 is 6.41. The number of anilines is 1. The van der Waals surface area contributed by atoms with Gasteiger partial charge in [-0.1, -0.05) is 29.3 Å². The minimum atomic E-state index is -0.455. The Morgan fingerprint density at radius 3 is 2.21 bits per heavy atom. The number of amides is 1. The lowest BCUT2D eigenvalue weighted by Gasteiger charge is -2.10. The first-order valence-corrected chi connectivity index (χ1v) is 9.54. The van der Waals surface area contributed by atoms with Crippen molar-refractivity contribution in [2.45, 2.75) is 20.4 Å². The third kappa shape index (κ3) is 4.44. The van der Waals surface area contributed by atoms with Gasteiger partial charge in [0.2, 0.25) is 0 Å². The van der Waals surface area contributed by atoms with E-state index in [4.69, 9.17) is 23.2 Å². The molecule has 1 N–H and O–H groups in total. The summed E-state index contributed by atoms with van der Waals surface area (Å²) >= 11 is 12.5. The molecule has 0 aliphatic heterocycles. The number of carbonyl (C=O) groups is 2. The standard InChI is InChI=1S/C21H19Cl2N3O3/c1-12-19(24-20(27)14-7-9-15(10-8-14)21(28)29-3)13(2)26(25-12)11-16-17(22)5-4-6-18(16)23/h4-10H,11H2,1-3H3,(H,24,27). The zero-order chi connectivity index (χ0) is 21.1. The largest absolute Gasteiger partial charge is 0.465 e. The zero-order valence-electron chi connectivity index (χ0n) is 16.1. The number of methoxy groups -OCH3 is 1. The predicted octanol–water partition coefficient (Wildman–Crippen LogP) is 4.89. The fourth-order valence-corrected chi connectivity index (χ4v) is 3.44. The molecule has 1 amide bonds. The number of hydrogen-bond donors (Lipinski definition) is 1. The highest BCUT2D eigenvalue weighted by atomic mass is 35.5. The van der Waals surface area contributed by atoms with Crippen LogP contribution in [0.3, 0.4) is 0 Å². The van der Waals surface area contributed by atoms with Gasteiger partial charge >= 0.3 is 5.97 Å². The van der Waals surface area contributed by atoms with Crippen LogP contribution >= 0.6 is 23.2 Å². The van der Waals surface area contributed by atoms with Gasteiger partial charge in [0.05, 0.1) is 36.3 Å². The lowest BCUT2D eigenvalue weighted by molar-refractivity contribution is 0.0600. The molecule has 0 radical (unpaired) electrons. The molecule has 0 saturated carbocycles. The van der Waals surface area contributed by atoms with Crippen molar-refractivity contribution in [3.8, 4) is 0 Å². The van der Waals surface area contributed by atoms with Crippen LogP contribution in [-0.2, 0) is 11.3 Å². The highest BCUT2D eigenvalue weighted by Gasteiger charge is 2.17. The van der Waals surface area contributed by atoms with Crippen molar-refractivity contribution < 1.29 is 14.3 Å². The van der Waals surface area contributed by atoms with Crippen LogP contribution in [0.4, 0.5) is 5.69 Å². The van der Waals surface area contributed by atoms with Gasteiger partial charge in [-0.3, -0.25) is 9.48 Å². The lowest BCUT2D eigenvalue weighted by Crippen LogP contribution is -2.14. The topological polar surface area (TPSA) is 73.2 Å². The van der Waals surface area contributed by atoms with E-state index >= 15 is 0 Å². The number of hydrogen-bond acceptors (Lipinski definition) is 4. The number of halogens is 2. The first-order valence-electron chi connectivity index (χ1n) is 8.78. The molecular formula is C21H19Cl2N3O3. The van der Waals surface area contributed by atoms with Crippen LogP contribution in [0, 0.1) is 13.8 Å². The van der Waals surface area contributed by atoms with Gasteiger partial charge in [0.25, 0.3) is 5.91 Å². The van der Waals surface area contributed by atoms with E-state index in [9.17, 15) is 9.59 Å². The third-order valence-electron chi connectivity index (χ3n) is 4.56. The van der Waals surface area contributed by atoms with Crippen LogP contribution < -0.4 is 5.32 Å². The molecule has 150 valence electrons. The van der Waals surface area contributed by atoms with Crippen LogP contribution in [0.5, 0.6) is 0 Å². The summed E-state index contributed by atoms with van der Waals surface area (Å²) in [5, 5.41) is 8.51. The van der Waals surface area contributed by atoms with E-state index in [1.54, 1.807) is 47.1 Å². The van der Waals surface area contributed by atoms with Crippen molar-refractivity contribution in [1.82, 2.24) is 9.78 Å². The van der Waals surface area contributed by atoms with Crippen LogP contribution in [0.15, 0.2) is 42.5 Å². The molecular weight excluding hydrogens is 413 g/mol. The van der Waals surface area contributed by atoms with Crippen LogP contribution in [-0.4, -0.2) is 28.8 Å². The number of aromatic nitrogens is 2. The maximum atomic E-state index is 12.6. The molecule has 3 rings (SSSR count). The summed E-state index contributed by atoms with van der Waals surface area (Å²) in [5.74, 6) is -0.758. The summed E-state index contributed by atoms with van der Waals surface area (Å²) in [7, 11) is 1.31. The Labute approximate surface area is 178 Å². The average molecular weight is 432 g/mol. The molecule has 0 saturated heterocycles. The summed E-state index contributed by atoms with van der Waals surface area (Å²) in [4.78, 5) is 24.2. The molecule has 0 fully saturated rings. The van der Waals surface area contributed by atoms with E-state index < -0.39 is 5.97 Å². The Hall–Kier alpha value is -2.83. The summed E-state index contributed by atoms with van der Waals surface area (Å²) in [6, 6.07) is 11.6. The Morgan fingerprint density at radius 2 is 1.62 bits per heavy atom. The highest BCUT2D eigenvalue weighted by Crippen LogP contribution is 2.27. The first-order chi connectivity index (χ1) is 13.8. The van der Waals surface area contributed by atoms with Gasteiger partial charge in [0.1, 0.15) is 0 Å². The smallest absolute Gasteiger partial charge is 0.337 e. The molecule has 3 aromatic rings. The Morgan fingerprint density at radius 1 is 1.03 bits per heavy atom.